The molecule has 0 unspecified atom stereocenters. The van der Waals surface area contributed by atoms with Gasteiger partial charge in [0.15, 0.2) is 0 Å². The number of aromatic nitrogens is 1. The SMILES string of the molecule is Cc1occc1C(=O)OCc1nc2ccccc2c(C)c1Cl. The van der Waals surface area contributed by atoms with E-state index in [9.17, 15) is 4.79 Å². The van der Waals surface area contributed by atoms with Gasteiger partial charge in [0.1, 0.15) is 17.9 Å². The van der Waals surface area contributed by atoms with E-state index in [0.717, 1.165) is 16.5 Å². The molecular formula is C17H14ClNO3. The standard InChI is InChI=1S/C17H14ClNO3/c1-10-12-5-3-4-6-14(12)19-15(16(10)18)9-22-17(20)13-7-8-21-11(13)2/h3-8H,9H2,1-2H3. The molecule has 22 heavy (non-hydrogen) atoms. The number of halogens is 1. The Morgan fingerprint density at radius 2 is 2.05 bits per heavy atom. The van der Waals surface area contributed by atoms with Gasteiger partial charge in [0.25, 0.3) is 0 Å². The van der Waals surface area contributed by atoms with Gasteiger partial charge in [-0.15, -0.1) is 0 Å². The number of benzene rings is 1. The van der Waals surface area contributed by atoms with Gasteiger partial charge in [-0.3, -0.25) is 0 Å². The number of fused-ring (bicyclic) bond motifs is 1. The zero-order valence-electron chi connectivity index (χ0n) is 12.2. The second-order valence-corrected chi connectivity index (χ2v) is 5.36. The van der Waals surface area contributed by atoms with Gasteiger partial charge in [-0.1, -0.05) is 29.8 Å². The van der Waals surface area contributed by atoms with Crippen LogP contribution < -0.4 is 0 Å². The van der Waals surface area contributed by atoms with Crippen LogP contribution in [0.3, 0.4) is 0 Å². The first kappa shape index (κ1) is 14.6. The number of hydrogen-bond acceptors (Lipinski definition) is 4. The van der Waals surface area contributed by atoms with Crippen LogP contribution in [0.4, 0.5) is 0 Å². The molecule has 0 spiro atoms. The minimum absolute atomic E-state index is 0.0218. The van der Waals surface area contributed by atoms with Crippen LogP contribution in [0, 0.1) is 13.8 Å². The highest BCUT2D eigenvalue weighted by Crippen LogP contribution is 2.27. The molecule has 0 fully saturated rings. The molecule has 4 nitrogen and oxygen atoms in total. The maximum Gasteiger partial charge on any atom is 0.342 e. The van der Waals surface area contributed by atoms with E-state index in [1.165, 1.54) is 6.26 Å². The van der Waals surface area contributed by atoms with Gasteiger partial charge in [0, 0.05) is 5.39 Å². The molecule has 5 heteroatoms. The van der Waals surface area contributed by atoms with Crippen molar-refractivity contribution >= 4 is 28.5 Å². The number of hydrogen-bond donors (Lipinski definition) is 0. The van der Waals surface area contributed by atoms with Crippen LogP contribution >= 0.6 is 11.6 Å². The highest BCUT2D eigenvalue weighted by Gasteiger charge is 2.16. The Balaban J connectivity index is 1.87. The lowest BCUT2D eigenvalue weighted by Gasteiger charge is -2.10. The second-order valence-electron chi connectivity index (χ2n) is 4.98. The Morgan fingerprint density at radius 1 is 1.27 bits per heavy atom. The molecule has 0 aliphatic carbocycles. The number of ether oxygens (including phenoxy) is 1. The van der Waals surface area contributed by atoms with Crippen molar-refractivity contribution in [3.05, 3.63) is 64.2 Å². The third kappa shape index (κ3) is 2.57. The zero-order valence-corrected chi connectivity index (χ0v) is 13.0. The lowest BCUT2D eigenvalue weighted by atomic mass is 10.1. The number of furan rings is 1. The van der Waals surface area contributed by atoms with Crippen molar-refractivity contribution in [2.24, 2.45) is 0 Å². The summed E-state index contributed by atoms with van der Waals surface area (Å²) in [5.74, 6) is 0.0775. The van der Waals surface area contributed by atoms with Crippen molar-refractivity contribution in [2.45, 2.75) is 20.5 Å². The third-order valence-electron chi connectivity index (χ3n) is 3.56. The van der Waals surface area contributed by atoms with Gasteiger partial charge in [0.2, 0.25) is 0 Å². The maximum atomic E-state index is 12.0. The molecule has 112 valence electrons. The summed E-state index contributed by atoms with van der Waals surface area (Å²) in [6.45, 7) is 3.66. The number of pyridine rings is 1. The summed E-state index contributed by atoms with van der Waals surface area (Å²) in [5.41, 5.74) is 2.72. The first-order valence-electron chi connectivity index (χ1n) is 6.83. The molecule has 1 aromatic carbocycles. The molecular weight excluding hydrogens is 302 g/mol. The number of esters is 1. The van der Waals surface area contributed by atoms with Gasteiger partial charge in [0.05, 0.1) is 22.5 Å². The summed E-state index contributed by atoms with van der Waals surface area (Å²) in [5, 5.41) is 1.52. The van der Waals surface area contributed by atoms with Crippen molar-refractivity contribution in [2.75, 3.05) is 0 Å². The van der Waals surface area contributed by atoms with Gasteiger partial charge in [-0.25, -0.2) is 9.78 Å². The normalized spacial score (nSPS) is 10.9. The third-order valence-corrected chi connectivity index (χ3v) is 4.07. The minimum Gasteiger partial charge on any atom is -0.469 e. The Hall–Kier alpha value is -2.33. The van der Waals surface area contributed by atoms with Gasteiger partial charge < -0.3 is 9.15 Å². The lowest BCUT2D eigenvalue weighted by molar-refractivity contribution is 0.0466. The lowest BCUT2D eigenvalue weighted by Crippen LogP contribution is -2.07. The zero-order chi connectivity index (χ0) is 15.7. The average molecular weight is 316 g/mol. The molecule has 0 saturated heterocycles. The van der Waals surface area contributed by atoms with E-state index in [1.807, 2.05) is 31.2 Å². The van der Waals surface area contributed by atoms with Crippen molar-refractivity contribution in [1.82, 2.24) is 4.98 Å². The number of aryl methyl sites for hydroxylation is 2. The number of para-hydroxylation sites is 1. The number of nitrogens with zero attached hydrogens (tertiary/aromatic N) is 1. The smallest absolute Gasteiger partial charge is 0.342 e. The average Bonchev–Trinajstić information content (AvgIpc) is 2.95. The molecule has 0 radical (unpaired) electrons. The van der Waals surface area contributed by atoms with Gasteiger partial charge >= 0.3 is 5.97 Å². The summed E-state index contributed by atoms with van der Waals surface area (Å²) >= 11 is 6.34. The molecule has 2 aromatic heterocycles. The quantitative estimate of drug-likeness (QED) is 0.670. The Bertz CT molecular complexity index is 854. The Labute approximate surface area is 132 Å². The van der Waals surface area contributed by atoms with E-state index in [-0.39, 0.29) is 6.61 Å². The highest BCUT2D eigenvalue weighted by atomic mass is 35.5. The van der Waals surface area contributed by atoms with Crippen molar-refractivity contribution in [3.63, 3.8) is 0 Å². The molecule has 0 atom stereocenters. The first-order valence-corrected chi connectivity index (χ1v) is 7.20. The Morgan fingerprint density at radius 3 is 2.77 bits per heavy atom. The van der Waals surface area contributed by atoms with Crippen molar-refractivity contribution < 1.29 is 13.9 Å². The summed E-state index contributed by atoms with van der Waals surface area (Å²) in [6.07, 6.45) is 1.46. The van der Waals surface area contributed by atoms with E-state index >= 15 is 0 Å². The number of carbonyl (C=O) groups excluding carboxylic acids is 1. The summed E-state index contributed by atoms with van der Waals surface area (Å²) in [6, 6.07) is 9.30. The molecule has 0 aliphatic rings. The van der Waals surface area contributed by atoms with Crippen LogP contribution in [0.5, 0.6) is 0 Å². The molecule has 0 bridgehead atoms. The number of rotatable bonds is 3. The molecule has 0 N–H and O–H groups in total. The molecule has 3 aromatic rings. The van der Waals surface area contributed by atoms with Crippen LogP contribution in [-0.2, 0) is 11.3 Å². The van der Waals surface area contributed by atoms with Crippen molar-refractivity contribution in [1.29, 1.82) is 0 Å². The van der Waals surface area contributed by atoms with E-state index in [2.05, 4.69) is 4.98 Å². The van der Waals surface area contributed by atoms with Gasteiger partial charge in [-0.05, 0) is 31.5 Å². The van der Waals surface area contributed by atoms with Gasteiger partial charge in [-0.2, -0.15) is 0 Å². The summed E-state index contributed by atoms with van der Waals surface area (Å²) < 4.78 is 10.4. The number of carbonyl (C=O) groups is 1. The minimum atomic E-state index is -0.449. The largest absolute Gasteiger partial charge is 0.469 e. The second kappa shape index (κ2) is 5.81. The fraction of sp³-hybridized carbons (Fsp3) is 0.176. The predicted octanol–water partition coefficient (Wildman–Crippen LogP) is 4.46. The van der Waals surface area contributed by atoms with E-state index in [0.29, 0.717) is 22.0 Å². The monoisotopic (exact) mass is 315 g/mol. The Kier molecular flexibility index (Phi) is 3.86. The molecule has 3 rings (SSSR count). The molecule has 0 amide bonds. The van der Waals surface area contributed by atoms with Crippen LogP contribution in [0.2, 0.25) is 5.02 Å². The maximum absolute atomic E-state index is 12.0. The summed E-state index contributed by atoms with van der Waals surface area (Å²) in [7, 11) is 0. The van der Waals surface area contributed by atoms with Crippen LogP contribution in [0.15, 0.2) is 41.0 Å². The fourth-order valence-electron chi connectivity index (χ4n) is 2.32. The van der Waals surface area contributed by atoms with Crippen LogP contribution in [-0.4, -0.2) is 11.0 Å². The summed E-state index contributed by atoms with van der Waals surface area (Å²) in [4.78, 5) is 16.5. The van der Waals surface area contributed by atoms with Crippen LogP contribution in [0.25, 0.3) is 10.9 Å². The predicted molar refractivity (Wildman–Crippen MR) is 84.1 cm³/mol. The topological polar surface area (TPSA) is 52.3 Å². The fourth-order valence-corrected chi connectivity index (χ4v) is 2.52. The first-order chi connectivity index (χ1) is 10.6. The van der Waals surface area contributed by atoms with E-state index in [1.54, 1.807) is 13.0 Å². The van der Waals surface area contributed by atoms with E-state index < -0.39 is 5.97 Å². The van der Waals surface area contributed by atoms with Crippen LogP contribution in [0.1, 0.15) is 27.4 Å². The molecule has 2 heterocycles. The molecule has 0 saturated carbocycles. The highest BCUT2D eigenvalue weighted by molar-refractivity contribution is 6.32. The van der Waals surface area contributed by atoms with E-state index in [4.69, 9.17) is 20.8 Å². The molecule has 0 aliphatic heterocycles. The van der Waals surface area contributed by atoms with Crippen molar-refractivity contribution in [3.8, 4) is 0 Å².